The van der Waals surface area contributed by atoms with Crippen LogP contribution in [0.4, 0.5) is 15.1 Å². The number of unbranched alkanes of at least 4 members (excludes halogenated alkanes) is 1. The summed E-state index contributed by atoms with van der Waals surface area (Å²) in [7, 11) is 0. The number of urea groups is 1. The first kappa shape index (κ1) is 33.4. The van der Waals surface area contributed by atoms with Gasteiger partial charge in [0.05, 0.1) is 29.7 Å². The maximum atomic E-state index is 14.5. The second-order valence-electron chi connectivity index (χ2n) is 13.8. The zero-order chi connectivity index (χ0) is 34.1. The smallest absolute Gasteiger partial charge is 0.315 e. The number of thioether (sulfide) groups is 1. The minimum atomic E-state index is -0.144. The number of imidazole rings is 1. The molecule has 0 spiro atoms. The molecule has 0 aliphatic carbocycles. The molecule has 3 fully saturated rings. The average molecular weight is 684 g/mol. The second-order valence-corrected chi connectivity index (χ2v) is 15.1. The molecule has 3 aliphatic heterocycles. The van der Waals surface area contributed by atoms with Crippen LogP contribution in [0.2, 0.25) is 0 Å². The minimum absolute atomic E-state index is 0.0563. The van der Waals surface area contributed by atoms with Crippen LogP contribution in [-0.4, -0.2) is 70.8 Å². The number of fused-ring (bicyclic) bond motifs is 2. The summed E-state index contributed by atoms with van der Waals surface area (Å²) in [6.45, 7) is 10.4. The number of nitrogens with one attached hydrogen (secondary N) is 4. The van der Waals surface area contributed by atoms with Gasteiger partial charge in [-0.15, -0.1) is 0 Å². The van der Waals surface area contributed by atoms with E-state index in [0.717, 1.165) is 96.0 Å². The number of hydrogen-bond donors (Lipinski definition) is 4. The first-order valence-electron chi connectivity index (χ1n) is 17.5. The molecule has 258 valence electrons. The zero-order valence-corrected chi connectivity index (χ0v) is 29.4. The molecule has 3 amide bonds. The molecule has 3 aliphatic rings. The summed E-state index contributed by atoms with van der Waals surface area (Å²) in [4.78, 5) is 31.9. The number of aryl methyl sites for hydroxylation is 3. The van der Waals surface area contributed by atoms with Crippen molar-refractivity contribution in [3.05, 3.63) is 82.2 Å². The summed E-state index contributed by atoms with van der Waals surface area (Å²) in [6, 6.07) is 17.1. The van der Waals surface area contributed by atoms with Gasteiger partial charge >= 0.3 is 6.03 Å². The van der Waals surface area contributed by atoms with Crippen molar-refractivity contribution in [2.24, 2.45) is 0 Å². The Morgan fingerprint density at radius 2 is 1.76 bits per heavy atom. The van der Waals surface area contributed by atoms with Crippen molar-refractivity contribution in [1.82, 2.24) is 30.8 Å². The molecule has 0 unspecified atom stereocenters. The normalized spacial score (nSPS) is 20.4. The Morgan fingerprint density at radius 1 is 1.00 bits per heavy atom. The largest absolute Gasteiger partial charge is 0.352 e. The van der Waals surface area contributed by atoms with Gasteiger partial charge in [0.15, 0.2) is 0 Å². The molecular weight excluding hydrogens is 638 g/mol. The highest BCUT2D eigenvalue weighted by Crippen LogP contribution is 2.35. The van der Waals surface area contributed by atoms with Crippen LogP contribution in [0.3, 0.4) is 0 Å². The average Bonchev–Trinajstić information content (AvgIpc) is 3.77. The van der Waals surface area contributed by atoms with Crippen molar-refractivity contribution in [2.45, 2.75) is 76.9 Å². The molecule has 3 saturated heterocycles. The fraction of sp³-hybridized carbons (Fsp3) is 0.447. The van der Waals surface area contributed by atoms with E-state index in [1.54, 1.807) is 0 Å². The van der Waals surface area contributed by atoms with E-state index in [-0.39, 0.29) is 29.8 Å². The number of carbonyl (C=O) groups is 2. The molecule has 3 atom stereocenters. The van der Waals surface area contributed by atoms with Gasteiger partial charge in [0.1, 0.15) is 5.82 Å². The lowest BCUT2D eigenvalue weighted by molar-refractivity contribution is -0.121. The summed E-state index contributed by atoms with van der Waals surface area (Å²) < 4.78 is 16.8. The van der Waals surface area contributed by atoms with E-state index in [4.69, 9.17) is 4.98 Å². The third-order valence-electron chi connectivity index (χ3n) is 10.1. The number of amides is 3. The van der Waals surface area contributed by atoms with Crippen molar-refractivity contribution in [1.29, 1.82) is 0 Å². The van der Waals surface area contributed by atoms with E-state index in [2.05, 4.69) is 74.1 Å². The summed E-state index contributed by atoms with van der Waals surface area (Å²) >= 11 is 1.91. The van der Waals surface area contributed by atoms with Crippen LogP contribution in [0.25, 0.3) is 22.2 Å². The lowest BCUT2D eigenvalue weighted by Crippen LogP contribution is -2.44. The van der Waals surface area contributed by atoms with E-state index in [9.17, 15) is 14.0 Å². The van der Waals surface area contributed by atoms with E-state index in [0.29, 0.717) is 35.9 Å². The Bertz CT molecular complexity index is 1830. The van der Waals surface area contributed by atoms with Crippen LogP contribution in [0.1, 0.15) is 53.5 Å². The molecule has 9 nitrogen and oxygen atoms in total. The third-order valence-corrected chi connectivity index (χ3v) is 11.6. The van der Waals surface area contributed by atoms with E-state index >= 15 is 0 Å². The Morgan fingerprint density at radius 3 is 2.51 bits per heavy atom. The summed E-state index contributed by atoms with van der Waals surface area (Å²) in [5.41, 5.74) is 8.75. The number of carbonyl (C=O) groups excluding carboxylic acids is 2. The van der Waals surface area contributed by atoms with Crippen molar-refractivity contribution in [2.75, 3.05) is 36.8 Å². The molecule has 4 aromatic rings. The molecule has 4 N–H and O–H groups in total. The van der Waals surface area contributed by atoms with Gasteiger partial charge in [-0.1, -0.05) is 42.8 Å². The number of rotatable bonds is 11. The standard InChI is InChI=1S/C38H46FN7O2S/c1-23-16-29(28-10-8-26(9-11-28)20-41-33(47)7-5-4-6-32-36-30(22-49-32)42-37(48)43-36)35-31(17-23)46(38(44-35)45-14-12-40-13-15-45)21-27-18-24(2)34(39)25(3)19-27/h8-11,16-19,30,32,36,40H,4-7,12-15,20-22H2,1-3H3,(H,41,47)(H2,42,43,48)/t30-,32-,36-/m0/s1. The van der Waals surface area contributed by atoms with Gasteiger partial charge < -0.3 is 30.7 Å². The van der Waals surface area contributed by atoms with Gasteiger partial charge in [-0.25, -0.2) is 14.2 Å². The van der Waals surface area contributed by atoms with Crippen LogP contribution >= 0.6 is 11.8 Å². The molecule has 11 heteroatoms. The van der Waals surface area contributed by atoms with Gasteiger partial charge in [-0.2, -0.15) is 11.8 Å². The predicted molar refractivity (Wildman–Crippen MR) is 196 cm³/mol. The zero-order valence-electron chi connectivity index (χ0n) is 28.6. The highest BCUT2D eigenvalue weighted by atomic mass is 32.2. The number of anilines is 1. The lowest BCUT2D eigenvalue weighted by atomic mass is 10.00. The lowest BCUT2D eigenvalue weighted by Gasteiger charge is -2.29. The number of hydrogen-bond acceptors (Lipinski definition) is 6. The van der Waals surface area contributed by atoms with Crippen LogP contribution in [0.5, 0.6) is 0 Å². The van der Waals surface area contributed by atoms with Gasteiger partial charge in [0.25, 0.3) is 0 Å². The van der Waals surface area contributed by atoms with Gasteiger partial charge in [0, 0.05) is 55.7 Å². The van der Waals surface area contributed by atoms with Crippen molar-refractivity contribution < 1.29 is 14.0 Å². The van der Waals surface area contributed by atoms with Crippen LogP contribution in [0, 0.1) is 26.6 Å². The SMILES string of the molecule is Cc1cc(-c2ccc(CNC(=O)CCCC[C@@H]3SC[C@@H]4NC(=O)N[C@@H]43)cc2)c2nc(N3CCNCC3)n(Cc3cc(C)c(F)c(C)c3)c2c1. The van der Waals surface area contributed by atoms with Crippen molar-refractivity contribution in [3.63, 3.8) is 0 Å². The summed E-state index contributed by atoms with van der Waals surface area (Å²) in [5, 5.41) is 13.0. The number of benzene rings is 3. The highest BCUT2D eigenvalue weighted by Gasteiger charge is 2.42. The maximum Gasteiger partial charge on any atom is 0.315 e. The molecule has 3 aromatic carbocycles. The quantitative estimate of drug-likeness (QED) is 0.122. The molecule has 49 heavy (non-hydrogen) atoms. The molecule has 4 heterocycles. The number of nitrogens with zero attached hydrogens (tertiary/aromatic N) is 3. The molecule has 0 saturated carbocycles. The van der Waals surface area contributed by atoms with Gasteiger partial charge in [-0.05, 0) is 79.1 Å². The third kappa shape index (κ3) is 7.28. The Labute approximate surface area is 291 Å². The van der Waals surface area contributed by atoms with Crippen molar-refractivity contribution in [3.8, 4) is 11.1 Å². The molecular formula is C38H46FN7O2S. The van der Waals surface area contributed by atoms with E-state index in [1.165, 1.54) is 0 Å². The van der Waals surface area contributed by atoms with Gasteiger partial charge in [-0.3, -0.25) is 4.79 Å². The van der Waals surface area contributed by atoms with Crippen LogP contribution in [0.15, 0.2) is 48.5 Å². The fourth-order valence-electron chi connectivity index (χ4n) is 7.51. The molecule has 7 rings (SSSR count). The van der Waals surface area contributed by atoms with Crippen LogP contribution < -0.4 is 26.2 Å². The maximum absolute atomic E-state index is 14.5. The second kappa shape index (κ2) is 14.4. The first-order chi connectivity index (χ1) is 23.7. The Hall–Kier alpha value is -4.09. The van der Waals surface area contributed by atoms with Crippen molar-refractivity contribution >= 4 is 40.7 Å². The fourth-order valence-corrected chi connectivity index (χ4v) is 9.05. The summed E-state index contributed by atoms with van der Waals surface area (Å²) in [6.07, 6.45) is 3.33. The number of piperazine rings is 1. The molecule has 0 bridgehead atoms. The topological polar surface area (TPSA) is 103 Å². The predicted octanol–water partition coefficient (Wildman–Crippen LogP) is 5.57. The number of aromatic nitrogens is 2. The van der Waals surface area contributed by atoms with E-state index in [1.807, 2.05) is 37.7 Å². The monoisotopic (exact) mass is 683 g/mol. The first-order valence-corrected chi connectivity index (χ1v) is 18.5. The Balaban J connectivity index is 1.03. The molecule has 1 aromatic heterocycles. The number of halogens is 1. The van der Waals surface area contributed by atoms with E-state index < -0.39 is 0 Å². The van der Waals surface area contributed by atoms with Crippen LogP contribution in [-0.2, 0) is 17.9 Å². The highest BCUT2D eigenvalue weighted by molar-refractivity contribution is 8.00. The molecule has 0 radical (unpaired) electrons. The minimum Gasteiger partial charge on any atom is -0.352 e. The Kier molecular flexibility index (Phi) is 9.82. The summed E-state index contributed by atoms with van der Waals surface area (Å²) in [5.74, 6) is 1.82. The van der Waals surface area contributed by atoms with Gasteiger partial charge in [0.2, 0.25) is 11.9 Å².